The van der Waals surface area contributed by atoms with Crippen LogP contribution in [0.2, 0.25) is 0 Å². The molecule has 7 rings (SSSR count). The van der Waals surface area contributed by atoms with E-state index in [0.717, 1.165) is 61.9 Å². The molecular weight excluding hydrogens is 406 g/mol. The molecule has 4 atom stereocenters. The Morgan fingerprint density at radius 1 is 1.16 bits per heavy atom. The molecule has 0 radical (unpaired) electrons. The van der Waals surface area contributed by atoms with E-state index in [1.54, 1.807) is 17.7 Å². The van der Waals surface area contributed by atoms with Gasteiger partial charge in [-0.25, -0.2) is 9.67 Å². The van der Waals surface area contributed by atoms with Crippen LogP contribution in [0.5, 0.6) is 0 Å². The lowest BCUT2D eigenvalue weighted by molar-refractivity contribution is -0.150. The molecule has 1 N–H and O–H groups in total. The van der Waals surface area contributed by atoms with Crippen molar-refractivity contribution in [1.29, 1.82) is 5.26 Å². The summed E-state index contributed by atoms with van der Waals surface area (Å²) in [5.41, 5.74) is 1.51. The molecule has 5 aliphatic carbocycles. The summed E-state index contributed by atoms with van der Waals surface area (Å²) in [5.74, 6) is 1.29. The summed E-state index contributed by atoms with van der Waals surface area (Å²) in [6.07, 6.45) is 16.5. The molecule has 2 aromatic heterocycles. The van der Waals surface area contributed by atoms with E-state index in [1.165, 1.54) is 36.1 Å². The first kappa shape index (κ1) is 19.5. The largest absolute Gasteiger partial charge is 0.316 e. The van der Waals surface area contributed by atoms with Crippen LogP contribution >= 0.6 is 11.3 Å². The lowest BCUT2D eigenvalue weighted by Crippen LogP contribution is -2.60. The first-order valence-corrected chi connectivity index (χ1v) is 12.6. The van der Waals surface area contributed by atoms with Crippen molar-refractivity contribution in [3.8, 4) is 6.07 Å². The fourth-order valence-electron chi connectivity index (χ4n) is 7.56. The molecule has 2 heterocycles. The van der Waals surface area contributed by atoms with Gasteiger partial charge in [0.15, 0.2) is 0 Å². The van der Waals surface area contributed by atoms with E-state index in [-0.39, 0.29) is 16.9 Å². The van der Waals surface area contributed by atoms with E-state index >= 15 is 0 Å². The minimum Gasteiger partial charge on any atom is -0.316 e. The number of carbonyl (C=O) groups is 1. The average Bonchev–Trinajstić information content (AvgIpc) is 3.36. The van der Waals surface area contributed by atoms with E-state index in [9.17, 15) is 10.1 Å². The van der Waals surface area contributed by atoms with Crippen molar-refractivity contribution in [2.45, 2.75) is 82.6 Å². The number of anilines is 1. The van der Waals surface area contributed by atoms with Gasteiger partial charge in [0.2, 0.25) is 5.91 Å². The maximum atomic E-state index is 13.8. The van der Waals surface area contributed by atoms with Gasteiger partial charge in [-0.15, -0.1) is 11.3 Å². The monoisotopic (exact) mass is 435 g/mol. The molecule has 2 unspecified atom stereocenters. The van der Waals surface area contributed by atoms with E-state index in [4.69, 9.17) is 0 Å². The molecule has 2 aromatic rings. The SMILES string of the molecule is N#Cc1c(NC(=O)C23C[C@H]4C[C@@H](C2)CC(n2cncn2)(C4)C3)sc2c1CCCCCC2. The third-order valence-corrected chi connectivity index (χ3v) is 9.63. The van der Waals surface area contributed by atoms with Crippen LogP contribution in [0.1, 0.15) is 80.2 Å². The minimum atomic E-state index is -0.346. The highest BCUT2D eigenvalue weighted by Crippen LogP contribution is 2.64. The number of thiophene rings is 1. The van der Waals surface area contributed by atoms with Crippen LogP contribution < -0.4 is 5.32 Å². The molecule has 7 heteroatoms. The zero-order valence-electron chi connectivity index (χ0n) is 17.9. The molecular formula is C24H29N5OS. The zero-order chi connectivity index (χ0) is 21.1. The molecule has 0 spiro atoms. The fourth-order valence-corrected chi connectivity index (χ4v) is 8.80. The van der Waals surface area contributed by atoms with Gasteiger partial charge in [-0.3, -0.25) is 4.79 Å². The Labute approximate surface area is 187 Å². The number of fused-ring (bicyclic) bond motifs is 1. The molecule has 31 heavy (non-hydrogen) atoms. The average molecular weight is 436 g/mol. The van der Waals surface area contributed by atoms with Gasteiger partial charge >= 0.3 is 0 Å². The highest BCUT2D eigenvalue weighted by atomic mass is 32.1. The summed E-state index contributed by atoms with van der Waals surface area (Å²) in [6.45, 7) is 0. The number of aromatic nitrogens is 3. The van der Waals surface area contributed by atoms with Gasteiger partial charge < -0.3 is 5.32 Å². The third-order valence-electron chi connectivity index (χ3n) is 8.43. The maximum absolute atomic E-state index is 13.8. The van der Waals surface area contributed by atoms with Crippen LogP contribution in [0.15, 0.2) is 12.7 Å². The van der Waals surface area contributed by atoms with Crippen molar-refractivity contribution >= 4 is 22.2 Å². The molecule has 4 fully saturated rings. The summed E-state index contributed by atoms with van der Waals surface area (Å²) >= 11 is 1.66. The Hall–Kier alpha value is -2.20. The number of nitrogens with zero attached hydrogens (tertiary/aromatic N) is 4. The number of nitrogens with one attached hydrogen (secondary N) is 1. The van der Waals surface area contributed by atoms with Gasteiger partial charge in [-0.05, 0) is 81.6 Å². The van der Waals surface area contributed by atoms with Crippen LogP contribution in [0.25, 0.3) is 0 Å². The lowest BCUT2D eigenvalue weighted by Gasteiger charge is -2.60. The standard InChI is InChI=1S/C24H29N5OS/c25-12-19-18-5-3-1-2-4-6-20(18)31-21(19)28-22(30)23-8-16-7-17(9-23)11-24(10-16,13-23)29-15-26-14-27-29/h14-17H,1-11,13H2,(H,28,30)/t16-,17+,23?,24?. The summed E-state index contributed by atoms with van der Waals surface area (Å²) in [5, 5.41) is 18.5. The Kier molecular flexibility index (Phi) is 4.50. The smallest absolute Gasteiger partial charge is 0.231 e. The molecule has 0 aliphatic heterocycles. The first-order valence-electron chi connectivity index (χ1n) is 11.8. The quantitative estimate of drug-likeness (QED) is 0.750. The molecule has 4 bridgehead atoms. The van der Waals surface area contributed by atoms with Crippen molar-refractivity contribution in [2.75, 3.05) is 5.32 Å². The van der Waals surface area contributed by atoms with E-state index < -0.39 is 0 Å². The number of hydrogen-bond donors (Lipinski definition) is 1. The summed E-state index contributed by atoms with van der Waals surface area (Å²) in [4.78, 5) is 19.4. The van der Waals surface area contributed by atoms with Crippen molar-refractivity contribution in [2.24, 2.45) is 17.3 Å². The lowest BCUT2D eigenvalue weighted by atomic mass is 9.46. The van der Waals surface area contributed by atoms with Crippen molar-refractivity contribution in [3.63, 3.8) is 0 Å². The van der Waals surface area contributed by atoms with Gasteiger partial charge in [0, 0.05) is 4.88 Å². The maximum Gasteiger partial charge on any atom is 0.231 e. The topological polar surface area (TPSA) is 83.6 Å². The minimum absolute atomic E-state index is 0.0689. The van der Waals surface area contributed by atoms with E-state index in [0.29, 0.717) is 11.8 Å². The van der Waals surface area contributed by atoms with Gasteiger partial charge in [0.05, 0.1) is 16.5 Å². The van der Waals surface area contributed by atoms with E-state index in [2.05, 4.69) is 21.5 Å². The highest BCUT2D eigenvalue weighted by molar-refractivity contribution is 7.16. The number of nitriles is 1. The third kappa shape index (κ3) is 3.06. The van der Waals surface area contributed by atoms with Crippen LogP contribution in [0.3, 0.4) is 0 Å². The molecule has 0 aromatic carbocycles. The van der Waals surface area contributed by atoms with E-state index in [1.807, 2.05) is 11.0 Å². The van der Waals surface area contributed by atoms with Gasteiger partial charge in [-0.1, -0.05) is 12.8 Å². The number of carbonyl (C=O) groups excluding carboxylic acids is 1. The molecule has 162 valence electrons. The fraction of sp³-hybridized carbons (Fsp3) is 0.667. The van der Waals surface area contributed by atoms with Crippen LogP contribution in [0, 0.1) is 28.6 Å². The molecule has 5 aliphatic rings. The van der Waals surface area contributed by atoms with Crippen molar-refractivity contribution in [1.82, 2.24) is 14.8 Å². The number of rotatable bonds is 3. The predicted molar refractivity (Wildman–Crippen MR) is 119 cm³/mol. The molecule has 0 saturated heterocycles. The molecule has 4 saturated carbocycles. The zero-order valence-corrected chi connectivity index (χ0v) is 18.7. The second-order valence-corrected chi connectivity index (χ2v) is 11.6. The second-order valence-electron chi connectivity index (χ2n) is 10.5. The Morgan fingerprint density at radius 3 is 2.65 bits per heavy atom. The Bertz CT molecular complexity index is 1030. The van der Waals surface area contributed by atoms with Gasteiger partial charge in [0.1, 0.15) is 23.7 Å². The summed E-state index contributed by atoms with van der Waals surface area (Å²) in [6, 6.07) is 2.43. The number of amides is 1. The summed E-state index contributed by atoms with van der Waals surface area (Å²) < 4.78 is 2.05. The normalized spacial score (nSPS) is 33.9. The van der Waals surface area contributed by atoms with Crippen molar-refractivity contribution < 1.29 is 4.79 Å². The second kappa shape index (κ2) is 7.16. The molecule has 6 nitrogen and oxygen atoms in total. The molecule has 1 amide bonds. The van der Waals surface area contributed by atoms with Crippen LogP contribution in [-0.4, -0.2) is 20.7 Å². The highest BCUT2D eigenvalue weighted by Gasteiger charge is 2.61. The number of hydrogen-bond acceptors (Lipinski definition) is 5. The van der Waals surface area contributed by atoms with Crippen LogP contribution in [0.4, 0.5) is 5.00 Å². The first-order chi connectivity index (χ1) is 15.1. The number of aryl methyl sites for hydroxylation is 1. The predicted octanol–water partition coefficient (Wildman–Crippen LogP) is 4.80. The Morgan fingerprint density at radius 2 is 1.94 bits per heavy atom. The van der Waals surface area contributed by atoms with Crippen LogP contribution in [-0.2, 0) is 23.2 Å². The van der Waals surface area contributed by atoms with Crippen molar-refractivity contribution in [3.05, 3.63) is 28.7 Å². The van der Waals surface area contributed by atoms with Gasteiger partial charge in [-0.2, -0.15) is 10.4 Å². The summed E-state index contributed by atoms with van der Waals surface area (Å²) in [7, 11) is 0. The Balaban J connectivity index is 1.32. The van der Waals surface area contributed by atoms with Gasteiger partial charge in [0.25, 0.3) is 0 Å².